The number of aromatic nitrogens is 1. The van der Waals surface area contributed by atoms with Crippen LogP contribution >= 0.6 is 11.3 Å². The maximum absolute atomic E-state index is 13.0. The lowest BCUT2D eigenvalue weighted by atomic mass is 10.1. The van der Waals surface area contributed by atoms with Gasteiger partial charge in [-0.2, -0.15) is 0 Å². The average molecular weight is 436 g/mol. The number of benzene rings is 2. The number of carbonyl (C=O) groups is 1. The third-order valence-corrected chi connectivity index (χ3v) is 6.19. The summed E-state index contributed by atoms with van der Waals surface area (Å²) in [6.45, 7) is 5.97. The Morgan fingerprint density at radius 1 is 1.19 bits per heavy atom. The van der Waals surface area contributed by atoms with E-state index in [9.17, 15) is 4.79 Å². The summed E-state index contributed by atoms with van der Waals surface area (Å²) in [5, 5.41) is 3.74. The average Bonchev–Trinajstić information content (AvgIpc) is 3.50. The lowest BCUT2D eigenvalue weighted by Crippen LogP contribution is -2.24. The van der Waals surface area contributed by atoms with Gasteiger partial charge in [-0.3, -0.25) is 9.69 Å². The molecule has 0 bridgehead atoms. The highest BCUT2D eigenvalue weighted by molar-refractivity contribution is 7.18. The van der Waals surface area contributed by atoms with E-state index in [1.54, 1.807) is 20.4 Å². The molecular formula is C24H25N3O3S. The number of ether oxygens (including phenoxy) is 2. The molecule has 1 aliphatic rings. The van der Waals surface area contributed by atoms with E-state index in [1.165, 1.54) is 11.3 Å². The minimum absolute atomic E-state index is 0.0850. The zero-order valence-electron chi connectivity index (χ0n) is 17.8. The molecule has 0 atom stereocenters. The third-order valence-electron chi connectivity index (χ3n) is 5.13. The monoisotopic (exact) mass is 435 g/mol. The van der Waals surface area contributed by atoms with E-state index >= 15 is 0 Å². The molecule has 1 N–H and O–H groups in total. The predicted molar refractivity (Wildman–Crippen MR) is 125 cm³/mol. The Morgan fingerprint density at radius 2 is 1.87 bits per heavy atom. The summed E-state index contributed by atoms with van der Waals surface area (Å²) in [7, 11) is 3.21. The fraction of sp³-hybridized carbons (Fsp3) is 0.250. The number of methoxy groups -OCH3 is 2. The van der Waals surface area contributed by atoms with Crippen molar-refractivity contribution >= 4 is 28.1 Å². The van der Waals surface area contributed by atoms with E-state index in [1.807, 2.05) is 54.3 Å². The van der Waals surface area contributed by atoms with E-state index in [2.05, 4.69) is 11.9 Å². The molecule has 0 saturated heterocycles. The molecule has 2 aromatic carbocycles. The SMILES string of the molecule is C=CN(c1nc(-c2ccccc2)c(C(=O)NC2CC2)s1)c1cc(OC)c(OC)cc1C. The molecule has 1 aromatic heterocycles. The minimum atomic E-state index is -0.0850. The van der Waals surface area contributed by atoms with Crippen molar-refractivity contribution in [2.75, 3.05) is 19.1 Å². The maximum Gasteiger partial charge on any atom is 0.263 e. The lowest BCUT2D eigenvalue weighted by molar-refractivity contribution is 0.0955. The number of hydrogen-bond donors (Lipinski definition) is 1. The first-order chi connectivity index (χ1) is 15.0. The molecule has 0 spiro atoms. The van der Waals surface area contributed by atoms with Gasteiger partial charge in [0.2, 0.25) is 0 Å². The standard InChI is InChI=1S/C24H25N3O3S/c1-5-27(18-14-20(30-4)19(29-3)13-15(18)2)24-26-21(16-9-7-6-8-10-16)22(31-24)23(28)25-17-11-12-17/h5-10,13-14,17H,1,11-12H2,2-4H3,(H,25,28). The van der Waals surface area contributed by atoms with Crippen LogP contribution in [-0.4, -0.2) is 31.2 Å². The Kier molecular flexibility index (Phi) is 5.95. The van der Waals surface area contributed by atoms with Gasteiger partial charge in [-0.1, -0.05) is 48.2 Å². The lowest BCUT2D eigenvalue weighted by Gasteiger charge is -2.21. The fourth-order valence-electron chi connectivity index (χ4n) is 3.34. The highest BCUT2D eigenvalue weighted by Gasteiger charge is 2.28. The van der Waals surface area contributed by atoms with Crippen LogP contribution in [0.5, 0.6) is 11.5 Å². The number of hydrogen-bond acceptors (Lipinski definition) is 6. The van der Waals surface area contributed by atoms with Crippen molar-refractivity contribution in [3.8, 4) is 22.8 Å². The zero-order valence-corrected chi connectivity index (χ0v) is 18.7. The van der Waals surface area contributed by atoms with Gasteiger partial charge in [0.15, 0.2) is 16.6 Å². The molecule has 1 fully saturated rings. The van der Waals surface area contributed by atoms with Crippen molar-refractivity contribution in [2.24, 2.45) is 0 Å². The van der Waals surface area contributed by atoms with Crippen molar-refractivity contribution in [1.82, 2.24) is 10.3 Å². The summed E-state index contributed by atoms with van der Waals surface area (Å²) in [5.74, 6) is 1.18. The molecule has 0 unspecified atom stereocenters. The molecule has 31 heavy (non-hydrogen) atoms. The van der Waals surface area contributed by atoms with Crippen LogP contribution < -0.4 is 19.7 Å². The molecule has 3 aromatic rings. The number of carbonyl (C=O) groups excluding carboxylic acids is 1. The van der Waals surface area contributed by atoms with Gasteiger partial charge in [-0.25, -0.2) is 4.98 Å². The summed E-state index contributed by atoms with van der Waals surface area (Å²) in [4.78, 5) is 20.3. The second-order valence-corrected chi connectivity index (χ2v) is 8.31. The summed E-state index contributed by atoms with van der Waals surface area (Å²) in [5.41, 5.74) is 3.40. The first-order valence-corrected chi connectivity index (χ1v) is 10.9. The molecule has 1 aliphatic carbocycles. The molecule has 0 radical (unpaired) electrons. The van der Waals surface area contributed by atoms with Crippen molar-refractivity contribution < 1.29 is 14.3 Å². The Hall–Kier alpha value is -3.32. The number of nitrogens with zero attached hydrogens (tertiary/aromatic N) is 2. The highest BCUT2D eigenvalue weighted by atomic mass is 32.1. The Balaban J connectivity index is 1.80. The van der Waals surface area contributed by atoms with Crippen molar-refractivity contribution in [3.05, 3.63) is 65.7 Å². The Bertz CT molecular complexity index is 1110. The number of rotatable bonds is 8. The second-order valence-electron chi connectivity index (χ2n) is 7.33. The molecule has 1 heterocycles. The largest absolute Gasteiger partial charge is 0.493 e. The second kappa shape index (κ2) is 8.81. The number of thiazole rings is 1. The molecule has 1 amide bonds. The van der Waals surface area contributed by atoms with Gasteiger partial charge in [0.25, 0.3) is 5.91 Å². The molecule has 0 aliphatic heterocycles. The molecule has 160 valence electrons. The van der Waals surface area contributed by atoms with E-state index in [4.69, 9.17) is 14.5 Å². The fourth-order valence-corrected chi connectivity index (χ4v) is 4.35. The number of aryl methyl sites for hydroxylation is 1. The van der Waals surface area contributed by atoms with Crippen LogP contribution in [0.2, 0.25) is 0 Å². The van der Waals surface area contributed by atoms with E-state index < -0.39 is 0 Å². The van der Waals surface area contributed by atoms with E-state index in [0.717, 1.165) is 29.7 Å². The number of amides is 1. The Morgan fingerprint density at radius 3 is 2.48 bits per heavy atom. The van der Waals surface area contributed by atoms with Gasteiger partial charge in [0.05, 0.1) is 25.6 Å². The first kappa shape index (κ1) is 20.9. The van der Waals surface area contributed by atoms with Gasteiger partial charge in [0.1, 0.15) is 4.88 Å². The van der Waals surface area contributed by atoms with Gasteiger partial charge in [-0.15, -0.1) is 0 Å². The van der Waals surface area contributed by atoms with Gasteiger partial charge in [0, 0.05) is 23.9 Å². The van der Waals surface area contributed by atoms with Crippen LogP contribution in [0.15, 0.2) is 55.2 Å². The molecule has 4 rings (SSSR count). The quantitative estimate of drug-likeness (QED) is 0.520. The molecule has 6 nitrogen and oxygen atoms in total. The highest BCUT2D eigenvalue weighted by Crippen LogP contribution is 2.41. The zero-order chi connectivity index (χ0) is 22.0. The molecular weight excluding hydrogens is 410 g/mol. The van der Waals surface area contributed by atoms with Crippen LogP contribution in [-0.2, 0) is 0 Å². The van der Waals surface area contributed by atoms with Crippen LogP contribution in [0.1, 0.15) is 28.1 Å². The van der Waals surface area contributed by atoms with Crippen LogP contribution in [0, 0.1) is 6.92 Å². The van der Waals surface area contributed by atoms with Crippen LogP contribution in [0.3, 0.4) is 0 Å². The van der Waals surface area contributed by atoms with Gasteiger partial charge >= 0.3 is 0 Å². The Labute approximate surface area is 186 Å². The molecule has 7 heteroatoms. The van der Waals surface area contributed by atoms with E-state index in [-0.39, 0.29) is 11.9 Å². The summed E-state index contributed by atoms with van der Waals surface area (Å²) >= 11 is 1.35. The smallest absolute Gasteiger partial charge is 0.263 e. The summed E-state index contributed by atoms with van der Waals surface area (Å²) in [6, 6.07) is 13.8. The third kappa shape index (κ3) is 4.27. The number of anilines is 2. The van der Waals surface area contributed by atoms with Crippen molar-refractivity contribution in [2.45, 2.75) is 25.8 Å². The van der Waals surface area contributed by atoms with Crippen LogP contribution in [0.25, 0.3) is 11.3 Å². The first-order valence-electron chi connectivity index (χ1n) is 10.1. The van der Waals surface area contributed by atoms with Crippen molar-refractivity contribution in [3.63, 3.8) is 0 Å². The van der Waals surface area contributed by atoms with Gasteiger partial charge < -0.3 is 14.8 Å². The van der Waals surface area contributed by atoms with Crippen molar-refractivity contribution in [1.29, 1.82) is 0 Å². The maximum atomic E-state index is 13.0. The van der Waals surface area contributed by atoms with Gasteiger partial charge in [-0.05, 0) is 31.4 Å². The summed E-state index contributed by atoms with van der Waals surface area (Å²) < 4.78 is 10.9. The predicted octanol–water partition coefficient (Wildman–Crippen LogP) is 5.31. The van der Waals surface area contributed by atoms with Crippen LogP contribution in [0.4, 0.5) is 10.8 Å². The normalized spacial score (nSPS) is 12.9. The van der Waals surface area contributed by atoms with E-state index in [0.29, 0.717) is 27.2 Å². The topological polar surface area (TPSA) is 63.7 Å². The molecule has 1 saturated carbocycles. The summed E-state index contributed by atoms with van der Waals surface area (Å²) in [6.07, 6.45) is 3.76. The minimum Gasteiger partial charge on any atom is -0.493 e. The number of nitrogens with one attached hydrogen (secondary N) is 1.